The van der Waals surface area contributed by atoms with Gasteiger partial charge in [0.25, 0.3) is 0 Å². The number of amides is 1. The van der Waals surface area contributed by atoms with E-state index in [1.54, 1.807) is 0 Å². The number of carbonyl (C=O) groups is 1. The summed E-state index contributed by atoms with van der Waals surface area (Å²) in [6.07, 6.45) is 1.35. The lowest BCUT2D eigenvalue weighted by Gasteiger charge is -2.42. The fourth-order valence-corrected chi connectivity index (χ4v) is 2.62. The highest BCUT2D eigenvalue weighted by Gasteiger charge is 2.47. The van der Waals surface area contributed by atoms with Gasteiger partial charge in [0.2, 0.25) is 5.91 Å². The molecule has 3 nitrogen and oxygen atoms in total. The molecule has 0 radical (unpaired) electrons. The first-order valence-electron chi connectivity index (χ1n) is 5.02. The van der Waals surface area contributed by atoms with Gasteiger partial charge in [-0.1, -0.05) is 40.2 Å². The molecule has 0 aliphatic heterocycles. The molecule has 0 saturated heterocycles. The molecule has 1 aliphatic carbocycles. The molecule has 1 aliphatic rings. The first-order chi connectivity index (χ1) is 7.58. The lowest BCUT2D eigenvalue weighted by Crippen LogP contribution is -2.52. The number of halogens is 1. The topological polar surface area (TPSA) is 55.1 Å². The van der Waals surface area contributed by atoms with Crippen molar-refractivity contribution in [3.63, 3.8) is 0 Å². The normalized spacial score (nSPS) is 17.8. The van der Waals surface area contributed by atoms with Gasteiger partial charge in [-0.05, 0) is 30.5 Å². The van der Waals surface area contributed by atoms with Crippen LogP contribution in [0.2, 0.25) is 0 Å². The smallest absolute Gasteiger partial charge is 0.245 e. The van der Waals surface area contributed by atoms with Gasteiger partial charge in [-0.25, -0.2) is 5.84 Å². The number of nitrogens with one attached hydrogen (secondary N) is 1. The van der Waals surface area contributed by atoms with E-state index in [-0.39, 0.29) is 5.91 Å². The minimum atomic E-state index is -0.518. The summed E-state index contributed by atoms with van der Waals surface area (Å²) in [5.41, 5.74) is 3.80. The molecule has 0 unspecified atom stereocenters. The highest BCUT2D eigenvalue weighted by Crippen LogP contribution is 2.47. The van der Waals surface area contributed by atoms with Crippen LogP contribution in [0.4, 0.5) is 0 Å². The summed E-state index contributed by atoms with van der Waals surface area (Å²) in [7, 11) is 0. The number of hydrazine groups is 1. The lowest BCUT2D eigenvalue weighted by atomic mass is 9.61. The maximum Gasteiger partial charge on any atom is 0.245 e. The van der Waals surface area contributed by atoms with Gasteiger partial charge in [0.15, 0.2) is 0 Å². The number of nitrogens with two attached hydrogens (primary N) is 1. The van der Waals surface area contributed by atoms with E-state index in [1.165, 1.54) is 0 Å². The molecule has 0 heterocycles. The first-order valence-corrected chi connectivity index (χ1v) is 5.81. The molecule has 1 aromatic rings. The van der Waals surface area contributed by atoms with Crippen LogP contribution in [-0.2, 0) is 10.2 Å². The van der Waals surface area contributed by atoms with E-state index in [1.807, 2.05) is 24.3 Å². The monoisotopic (exact) mass is 280 g/mol. The average Bonchev–Trinajstić information content (AvgIpc) is 2.23. The van der Waals surface area contributed by atoms with Crippen LogP contribution in [-0.4, -0.2) is 5.91 Å². The van der Waals surface area contributed by atoms with E-state index in [0.717, 1.165) is 15.6 Å². The Balaban J connectivity index is 2.41. The van der Waals surface area contributed by atoms with Crippen LogP contribution < -0.4 is 11.3 Å². The molecule has 0 aromatic heterocycles. The van der Waals surface area contributed by atoms with Gasteiger partial charge in [0.1, 0.15) is 0 Å². The quantitative estimate of drug-likeness (QED) is 0.377. The van der Waals surface area contributed by atoms with Crippen molar-refractivity contribution < 1.29 is 4.79 Å². The predicted octanol–water partition coefficient (Wildman–Crippen LogP) is 2.03. The molecule has 0 atom stereocenters. The maximum absolute atomic E-state index is 11.9. The zero-order valence-corrected chi connectivity index (χ0v) is 10.4. The summed E-state index contributed by atoms with van der Waals surface area (Å²) >= 11 is 3.41. The van der Waals surface area contributed by atoms with Crippen molar-refractivity contribution >= 4 is 21.8 Å². The van der Waals surface area contributed by atoms with Gasteiger partial charge in [0, 0.05) is 4.47 Å². The van der Waals surface area contributed by atoms with Crippen molar-refractivity contribution in [3.05, 3.63) is 46.5 Å². The van der Waals surface area contributed by atoms with E-state index >= 15 is 0 Å². The van der Waals surface area contributed by atoms with E-state index < -0.39 is 5.41 Å². The largest absolute Gasteiger partial charge is 0.293 e. The van der Waals surface area contributed by atoms with Crippen LogP contribution in [0.1, 0.15) is 18.4 Å². The zero-order chi connectivity index (χ0) is 11.8. The molecule has 1 amide bonds. The van der Waals surface area contributed by atoms with Crippen LogP contribution >= 0.6 is 15.9 Å². The van der Waals surface area contributed by atoms with Gasteiger partial charge in [-0.2, -0.15) is 0 Å². The number of allylic oxidation sites excluding steroid dienone is 1. The molecule has 2 rings (SSSR count). The Labute approximate surface area is 103 Å². The van der Waals surface area contributed by atoms with Crippen molar-refractivity contribution in [3.8, 4) is 0 Å². The summed E-state index contributed by atoms with van der Waals surface area (Å²) in [5, 5.41) is 0. The Morgan fingerprint density at radius 1 is 1.50 bits per heavy atom. The third-order valence-electron chi connectivity index (χ3n) is 3.05. The second-order valence-corrected chi connectivity index (χ2v) is 5.09. The van der Waals surface area contributed by atoms with E-state index in [2.05, 4.69) is 27.9 Å². The molecule has 1 fully saturated rings. The highest BCUT2D eigenvalue weighted by atomic mass is 79.9. The summed E-state index contributed by atoms with van der Waals surface area (Å²) in [6.45, 7) is 3.89. The summed E-state index contributed by atoms with van der Waals surface area (Å²) in [5.74, 6) is 5.11. The lowest BCUT2D eigenvalue weighted by molar-refractivity contribution is -0.128. The number of hydrogen-bond donors (Lipinski definition) is 2. The fraction of sp³-hybridized carbons (Fsp3) is 0.250. The molecule has 16 heavy (non-hydrogen) atoms. The maximum atomic E-state index is 11.9. The number of hydrogen-bond acceptors (Lipinski definition) is 2. The summed E-state index contributed by atoms with van der Waals surface area (Å²) < 4.78 is 0.965. The minimum Gasteiger partial charge on any atom is -0.293 e. The third-order valence-corrected chi connectivity index (χ3v) is 3.54. The van der Waals surface area contributed by atoms with E-state index in [9.17, 15) is 4.79 Å². The van der Waals surface area contributed by atoms with Crippen molar-refractivity contribution in [1.82, 2.24) is 5.43 Å². The highest BCUT2D eigenvalue weighted by molar-refractivity contribution is 9.10. The standard InChI is InChI=1S/C12H13BrN2O/c1-8-6-12(7-8,11(16)15-14)9-3-2-4-10(13)5-9/h2-5H,1,6-7,14H2,(H,15,16). The average molecular weight is 281 g/mol. The molecular formula is C12H13BrN2O. The molecule has 0 spiro atoms. The Bertz CT molecular complexity index is 448. The fourth-order valence-electron chi connectivity index (χ4n) is 2.22. The van der Waals surface area contributed by atoms with Crippen LogP contribution in [0.5, 0.6) is 0 Å². The summed E-state index contributed by atoms with van der Waals surface area (Å²) in [4.78, 5) is 11.9. The van der Waals surface area contributed by atoms with Crippen molar-refractivity contribution in [2.24, 2.45) is 5.84 Å². The van der Waals surface area contributed by atoms with Gasteiger partial charge in [-0.15, -0.1) is 0 Å². The Hall–Kier alpha value is -1.13. The van der Waals surface area contributed by atoms with Gasteiger partial charge >= 0.3 is 0 Å². The second kappa shape index (κ2) is 4.03. The molecular weight excluding hydrogens is 268 g/mol. The van der Waals surface area contributed by atoms with Crippen LogP contribution in [0.15, 0.2) is 40.9 Å². The zero-order valence-electron chi connectivity index (χ0n) is 8.79. The van der Waals surface area contributed by atoms with Crippen LogP contribution in [0.3, 0.4) is 0 Å². The molecule has 1 aromatic carbocycles. The number of carbonyl (C=O) groups excluding carboxylic acids is 1. The van der Waals surface area contributed by atoms with Crippen molar-refractivity contribution in [1.29, 1.82) is 0 Å². The van der Waals surface area contributed by atoms with E-state index in [0.29, 0.717) is 12.8 Å². The predicted molar refractivity (Wildman–Crippen MR) is 66.5 cm³/mol. The third kappa shape index (κ3) is 1.68. The van der Waals surface area contributed by atoms with Gasteiger partial charge < -0.3 is 0 Å². The summed E-state index contributed by atoms with van der Waals surface area (Å²) in [6, 6.07) is 7.77. The van der Waals surface area contributed by atoms with Crippen molar-refractivity contribution in [2.45, 2.75) is 18.3 Å². The Kier molecular flexibility index (Phi) is 2.86. The molecule has 3 N–H and O–H groups in total. The Morgan fingerprint density at radius 2 is 2.19 bits per heavy atom. The SMILES string of the molecule is C=C1CC(C(=O)NN)(c2cccc(Br)c2)C1. The molecule has 4 heteroatoms. The Morgan fingerprint density at radius 3 is 2.69 bits per heavy atom. The minimum absolute atomic E-state index is 0.141. The van der Waals surface area contributed by atoms with Gasteiger partial charge in [-0.3, -0.25) is 10.2 Å². The second-order valence-electron chi connectivity index (χ2n) is 4.17. The number of rotatable bonds is 2. The van der Waals surface area contributed by atoms with Crippen LogP contribution in [0, 0.1) is 0 Å². The van der Waals surface area contributed by atoms with Gasteiger partial charge in [0.05, 0.1) is 5.41 Å². The molecule has 84 valence electrons. The molecule has 0 bridgehead atoms. The van der Waals surface area contributed by atoms with Crippen LogP contribution in [0.25, 0.3) is 0 Å². The number of benzene rings is 1. The first kappa shape index (κ1) is 11.4. The molecule has 1 saturated carbocycles. The van der Waals surface area contributed by atoms with E-state index in [4.69, 9.17) is 5.84 Å². The van der Waals surface area contributed by atoms with Crippen molar-refractivity contribution in [2.75, 3.05) is 0 Å².